The predicted molar refractivity (Wildman–Crippen MR) is 58.8 cm³/mol. The number of aliphatic hydroxyl groups is 1. The minimum atomic E-state index is -0.707. The first-order valence-electron chi connectivity index (χ1n) is 5.28. The highest BCUT2D eigenvalue weighted by Crippen LogP contribution is 2.21. The molecule has 0 saturated carbocycles. The molecule has 1 heterocycles. The van der Waals surface area contributed by atoms with Gasteiger partial charge >= 0.3 is 0 Å². The molecule has 1 aromatic heterocycles. The molecule has 0 aliphatic rings. The molecular formula is C12H12F2N2O. The van der Waals surface area contributed by atoms with E-state index in [9.17, 15) is 8.78 Å². The number of aryl methyl sites for hydroxylation is 1. The number of rotatable bonds is 3. The van der Waals surface area contributed by atoms with Crippen LogP contribution in [0.1, 0.15) is 18.3 Å². The summed E-state index contributed by atoms with van der Waals surface area (Å²) >= 11 is 0. The van der Waals surface area contributed by atoms with Crippen LogP contribution in [0.25, 0.3) is 5.69 Å². The molecule has 1 aromatic carbocycles. The summed E-state index contributed by atoms with van der Waals surface area (Å²) in [5.74, 6) is -0.831. The Kier molecular flexibility index (Phi) is 3.19. The van der Waals surface area contributed by atoms with Gasteiger partial charge in [0.05, 0.1) is 6.61 Å². The Bertz CT molecular complexity index is 514. The Labute approximate surface area is 97.3 Å². The normalized spacial score (nSPS) is 10.8. The SMILES string of the molecule is CCc1nccn1-c1c(F)cc(CO)cc1F. The van der Waals surface area contributed by atoms with E-state index in [4.69, 9.17) is 5.11 Å². The summed E-state index contributed by atoms with van der Waals surface area (Å²) < 4.78 is 28.9. The van der Waals surface area contributed by atoms with Crippen molar-refractivity contribution in [3.8, 4) is 5.69 Å². The maximum absolute atomic E-state index is 13.8. The molecule has 5 heteroatoms. The van der Waals surface area contributed by atoms with E-state index in [0.717, 1.165) is 12.1 Å². The summed E-state index contributed by atoms with van der Waals surface area (Å²) in [4.78, 5) is 4.02. The summed E-state index contributed by atoms with van der Waals surface area (Å²) in [5.41, 5.74) is 0.0541. The molecule has 0 atom stereocenters. The molecule has 0 aliphatic heterocycles. The lowest BCUT2D eigenvalue weighted by Gasteiger charge is -2.10. The third kappa shape index (κ3) is 2.06. The molecule has 0 fully saturated rings. The van der Waals surface area contributed by atoms with Crippen molar-refractivity contribution >= 4 is 0 Å². The van der Waals surface area contributed by atoms with E-state index in [1.807, 2.05) is 6.92 Å². The van der Waals surface area contributed by atoms with Crippen molar-refractivity contribution in [1.82, 2.24) is 9.55 Å². The number of nitrogens with zero attached hydrogens (tertiary/aromatic N) is 2. The van der Waals surface area contributed by atoms with Crippen LogP contribution in [-0.4, -0.2) is 14.7 Å². The number of imidazole rings is 1. The van der Waals surface area contributed by atoms with Gasteiger partial charge in [0.2, 0.25) is 0 Å². The standard InChI is InChI=1S/C12H12F2N2O/c1-2-11-15-3-4-16(11)12-9(13)5-8(7-17)6-10(12)14/h3-6,17H,2,7H2,1H3. The summed E-state index contributed by atoms with van der Waals surface area (Å²) in [6, 6.07) is 2.25. The highest BCUT2D eigenvalue weighted by atomic mass is 19.1. The van der Waals surface area contributed by atoms with Gasteiger partial charge in [0.15, 0.2) is 11.6 Å². The quantitative estimate of drug-likeness (QED) is 0.890. The Morgan fingerprint density at radius 2 is 1.94 bits per heavy atom. The minimum Gasteiger partial charge on any atom is -0.392 e. The molecular weight excluding hydrogens is 226 g/mol. The van der Waals surface area contributed by atoms with Crippen LogP contribution in [-0.2, 0) is 13.0 Å². The van der Waals surface area contributed by atoms with Gasteiger partial charge in [-0.05, 0) is 17.7 Å². The number of hydrogen-bond acceptors (Lipinski definition) is 2. The first-order valence-corrected chi connectivity index (χ1v) is 5.28. The van der Waals surface area contributed by atoms with E-state index in [1.54, 1.807) is 0 Å². The first-order chi connectivity index (χ1) is 8.17. The second-order valence-electron chi connectivity index (χ2n) is 3.63. The number of aliphatic hydroxyl groups excluding tert-OH is 1. The highest BCUT2D eigenvalue weighted by Gasteiger charge is 2.15. The number of hydrogen-bond donors (Lipinski definition) is 1. The van der Waals surface area contributed by atoms with Gasteiger partial charge in [-0.25, -0.2) is 13.8 Å². The van der Waals surface area contributed by atoms with Gasteiger partial charge in [0, 0.05) is 18.8 Å². The largest absolute Gasteiger partial charge is 0.392 e. The Balaban J connectivity index is 2.60. The summed E-state index contributed by atoms with van der Waals surface area (Å²) in [6.07, 6.45) is 3.59. The van der Waals surface area contributed by atoms with Crippen molar-refractivity contribution in [2.24, 2.45) is 0 Å². The van der Waals surface area contributed by atoms with Crippen molar-refractivity contribution in [3.63, 3.8) is 0 Å². The van der Waals surface area contributed by atoms with Gasteiger partial charge in [-0.15, -0.1) is 0 Å². The molecule has 0 bridgehead atoms. The van der Waals surface area contributed by atoms with E-state index in [0.29, 0.717) is 12.2 Å². The van der Waals surface area contributed by atoms with Crippen LogP contribution < -0.4 is 0 Å². The number of halogens is 2. The van der Waals surface area contributed by atoms with Crippen LogP contribution in [0.2, 0.25) is 0 Å². The van der Waals surface area contributed by atoms with Crippen LogP contribution in [0.5, 0.6) is 0 Å². The van der Waals surface area contributed by atoms with E-state index in [2.05, 4.69) is 4.98 Å². The van der Waals surface area contributed by atoms with Crippen LogP contribution in [0.3, 0.4) is 0 Å². The second kappa shape index (κ2) is 4.63. The molecule has 3 nitrogen and oxygen atoms in total. The Hall–Kier alpha value is -1.75. The molecule has 1 N–H and O–H groups in total. The fourth-order valence-electron chi connectivity index (χ4n) is 1.74. The number of benzene rings is 1. The van der Waals surface area contributed by atoms with E-state index in [1.165, 1.54) is 17.0 Å². The topological polar surface area (TPSA) is 38.0 Å². The molecule has 2 aromatic rings. The molecule has 0 radical (unpaired) electrons. The Morgan fingerprint density at radius 1 is 1.29 bits per heavy atom. The van der Waals surface area contributed by atoms with Crippen LogP contribution in [0.15, 0.2) is 24.5 Å². The third-order valence-corrected chi connectivity index (χ3v) is 2.53. The van der Waals surface area contributed by atoms with Crippen molar-refractivity contribution < 1.29 is 13.9 Å². The van der Waals surface area contributed by atoms with Gasteiger partial charge in [-0.1, -0.05) is 6.92 Å². The molecule has 0 saturated heterocycles. The summed E-state index contributed by atoms with van der Waals surface area (Å²) in [5, 5.41) is 8.86. The average Bonchev–Trinajstić information content (AvgIpc) is 2.76. The van der Waals surface area contributed by atoms with Crippen molar-refractivity contribution in [3.05, 3.63) is 47.5 Å². The van der Waals surface area contributed by atoms with Crippen LogP contribution in [0.4, 0.5) is 8.78 Å². The maximum atomic E-state index is 13.8. The average molecular weight is 238 g/mol. The molecule has 90 valence electrons. The second-order valence-corrected chi connectivity index (χ2v) is 3.63. The fraction of sp³-hybridized carbons (Fsp3) is 0.250. The molecule has 2 rings (SSSR count). The summed E-state index contributed by atoms with van der Waals surface area (Å²) in [6.45, 7) is 1.47. The van der Waals surface area contributed by atoms with Crippen molar-refractivity contribution in [2.75, 3.05) is 0 Å². The first kappa shape index (κ1) is 11.7. The van der Waals surface area contributed by atoms with Crippen LogP contribution in [0, 0.1) is 11.6 Å². The zero-order valence-electron chi connectivity index (χ0n) is 9.32. The van der Waals surface area contributed by atoms with E-state index >= 15 is 0 Å². The van der Waals surface area contributed by atoms with Gasteiger partial charge < -0.3 is 5.11 Å². The molecule has 0 spiro atoms. The monoisotopic (exact) mass is 238 g/mol. The van der Waals surface area contributed by atoms with Crippen molar-refractivity contribution in [1.29, 1.82) is 0 Å². The molecule has 0 aliphatic carbocycles. The van der Waals surface area contributed by atoms with Gasteiger partial charge in [0.25, 0.3) is 0 Å². The third-order valence-electron chi connectivity index (χ3n) is 2.53. The van der Waals surface area contributed by atoms with Gasteiger partial charge in [-0.3, -0.25) is 4.57 Å². The Morgan fingerprint density at radius 3 is 2.47 bits per heavy atom. The zero-order valence-corrected chi connectivity index (χ0v) is 9.32. The molecule has 17 heavy (non-hydrogen) atoms. The molecule has 0 unspecified atom stereocenters. The van der Waals surface area contributed by atoms with E-state index < -0.39 is 18.2 Å². The lowest BCUT2D eigenvalue weighted by molar-refractivity contribution is 0.280. The zero-order chi connectivity index (χ0) is 12.4. The molecule has 0 amide bonds. The lowest BCUT2D eigenvalue weighted by atomic mass is 10.2. The fourth-order valence-corrected chi connectivity index (χ4v) is 1.74. The van der Waals surface area contributed by atoms with Crippen LogP contribution >= 0.6 is 0 Å². The van der Waals surface area contributed by atoms with Gasteiger partial charge in [0.1, 0.15) is 11.5 Å². The van der Waals surface area contributed by atoms with Crippen molar-refractivity contribution in [2.45, 2.75) is 20.0 Å². The van der Waals surface area contributed by atoms with Gasteiger partial charge in [-0.2, -0.15) is 0 Å². The highest BCUT2D eigenvalue weighted by molar-refractivity contribution is 5.39. The maximum Gasteiger partial charge on any atom is 0.150 e. The smallest absolute Gasteiger partial charge is 0.150 e. The summed E-state index contributed by atoms with van der Waals surface area (Å²) in [7, 11) is 0. The predicted octanol–water partition coefficient (Wildman–Crippen LogP) is 2.21. The van der Waals surface area contributed by atoms with E-state index in [-0.39, 0.29) is 11.3 Å². The minimum absolute atomic E-state index is 0.156. The lowest BCUT2D eigenvalue weighted by Crippen LogP contribution is -2.05. The number of aromatic nitrogens is 2.